The van der Waals surface area contributed by atoms with Gasteiger partial charge in [-0.25, -0.2) is 0 Å². The predicted molar refractivity (Wildman–Crippen MR) is 150 cm³/mol. The van der Waals surface area contributed by atoms with Crippen LogP contribution in [0.2, 0.25) is 0 Å². The lowest BCUT2D eigenvalue weighted by molar-refractivity contribution is -0.217. The van der Waals surface area contributed by atoms with Crippen LogP contribution in [0.25, 0.3) is 0 Å². The second kappa shape index (κ2) is 14.0. The molecule has 3 aromatic rings. The summed E-state index contributed by atoms with van der Waals surface area (Å²) >= 11 is 0. The molecule has 3 aromatic carbocycles. The van der Waals surface area contributed by atoms with E-state index in [0.717, 1.165) is 16.7 Å². The van der Waals surface area contributed by atoms with Crippen LogP contribution in [0.4, 0.5) is 0 Å². The Morgan fingerprint density at radius 2 is 1.36 bits per heavy atom. The fourth-order valence-electron chi connectivity index (χ4n) is 4.52. The number of carbonyl (C=O) groups is 2. The number of carbonyl (C=O) groups excluding carboxylic acids is 2. The Bertz CT molecular complexity index is 1430. The van der Waals surface area contributed by atoms with Crippen LogP contribution in [-0.2, 0) is 60.8 Å². The summed E-state index contributed by atoms with van der Waals surface area (Å²) in [6.07, 6.45) is -3.82. The minimum absolute atomic E-state index is 0.0462. The van der Waals surface area contributed by atoms with Crippen molar-refractivity contribution in [2.75, 3.05) is 13.2 Å². The molecule has 1 heterocycles. The minimum Gasteiger partial charge on any atom is -0.453 e. The van der Waals surface area contributed by atoms with Gasteiger partial charge in [0.25, 0.3) is 10.1 Å². The summed E-state index contributed by atoms with van der Waals surface area (Å²) in [6.45, 7) is 3.57. The highest BCUT2D eigenvalue weighted by atomic mass is 32.2. The second-order valence-electron chi connectivity index (χ2n) is 9.96. The van der Waals surface area contributed by atoms with Crippen molar-refractivity contribution < 1.29 is 45.9 Å². The van der Waals surface area contributed by atoms with Crippen LogP contribution < -0.4 is 0 Å². The highest BCUT2D eigenvalue weighted by molar-refractivity contribution is 7.86. The van der Waals surface area contributed by atoms with E-state index in [1.54, 1.807) is 12.1 Å². The van der Waals surface area contributed by atoms with E-state index < -0.39 is 52.8 Å². The molecule has 1 aliphatic rings. The lowest BCUT2D eigenvalue weighted by Gasteiger charge is -2.34. The molecule has 0 unspecified atom stereocenters. The molecule has 1 saturated heterocycles. The van der Waals surface area contributed by atoms with Gasteiger partial charge in [-0.1, -0.05) is 78.4 Å². The molecule has 0 bridgehead atoms. The molecule has 42 heavy (non-hydrogen) atoms. The van der Waals surface area contributed by atoms with Crippen LogP contribution in [0.3, 0.4) is 0 Å². The third kappa shape index (κ3) is 8.24. The fraction of sp³-hybridized carbons (Fsp3) is 0.355. The van der Waals surface area contributed by atoms with E-state index in [-0.39, 0.29) is 24.7 Å². The molecule has 0 spiro atoms. The van der Waals surface area contributed by atoms with Gasteiger partial charge in [0.1, 0.15) is 12.7 Å². The first-order valence-electron chi connectivity index (χ1n) is 13.3. The van der Waals surface area contributed by atoms with E-state index in [1.165, 1.54) is 26.0 Å². The van der Waals surface area contributed by atoms with Gasteiger partial charge in [0.15, 0.2) is 11.7 Å². The number of aryl methyl sites for hydroxylation is 1. The van der Waals surface area contributed by atoms with Gasteiger partial charge in [0, 0.05) is 13.8 Å². The molecular formula is C31H34O10S. The quantitative estimate of drug-likeness (QED) is 0.210. The number of ether oxygens (including phenoxy) is 5. The first-order valence-corrected chi connectivity index (χ1v) is 14.7. The van der Waals surface area contributed by atoms with Crippen molar-refractivity contribution in [2.24, 2.45) is 0 Å². The van der Waals surface area contributed by atoms with E-state index in [0.29, 0.717) is 0 Å². The average Bonchev–Trinajstić information content (AvgIpc) is 3.23. The zero-order valence-electron chi connectivity index (χ0n) is 23.6. The summed E-state index contributed by atoms with van der Waals surface area (Å²) in [4.78, 5) is 24.1. The molecule has 0 saturated carbocycles. The highest BCUT2D eigenvalue weighted by Gasteiger charge is 2.60. The van der Waals surface area contributed by atoms with Gasteiger partial charge in [-0.15, -0.1) is 0 Å². The van der Waals surface area contributed by atoms with Gasteiger partial charge in [-0.3, -0.25) is 13.8 Å². The molecule has 1 aliphatic heterocycles. The third-order valence-corrected chi connectivity index (χ3v) is 7.80. The molecule has 11 heteroatoms. The van der Waals surface area contributed by atoms with E-state index >= 15 is 0 Å². The molecule has 224 valence electrons. The van der Waals surface area contributed by atoms with Crippen LogP contribution in [0.1, 0.15) is 30.5 Å². The standard InChI is InChI=1S/C31H34O10S/c1-22-14-16-27(17-15-22)42(34,35)38-21-31(20-36-18-25-10-6-4-7-11-25)29(37-19-26-12-8-5-9-13-26)28(39-23(2)32)30(41-31)40-24(3)33/h4-17,28-30H,18-21H2,1-3H3/t28-,29+,30+,31+/m1/s1. The van der Waals surface area contributed by atoms with Crippen molar-refractivity contribution in [1.82, 2.24) is 0 Å². The van der Waals surface area contributed by atoms with Gasteiger partial charge in [-0.2, -0.15) is 8.42 Å². The molecule has 10 nitrogen and oxygen atoms in total. The maximum atomic E-state index is 13.2. The smallest absolute Gasteiger partial charge is 0.305 e. The largest absolute Gasteiger partial charge is 0.453 e. The van der Waals surface area contributed by atoms with Crippen molar-refractivity contribution in [3.63, 3.8) is 0 Å². The number of rotatable bonds is 13. The van der Waals surface area contributed by atoms with Crippen molar-refractivity contribution in [3.8, 4) is 0 Å². The topological polar surface area (TPSA) is 124 Å². The molecule has 0 aliphatic carbocycles. The van der Waals surface area contributed by atoms with Gasteiger partial charge in [0.2, 0.25) is 6.29 Å². The van der Waals surface area contributed by atoms with Crippen LogP contribution >= 0.6 is 0 Å². The van der Waals surface area contributed by atoms with Gasteiger partial charge < -0.3 is 23.7 Å². The van der Waals surface area contributed by atoms with Gasteiger partial charge in [-0.05, 0) is 30.2 Å². The maximum Gasteiger partial charge on any atom is 0.305 e. The summed E-state index contributed by atoms with van der Waals surface area (Å²) in [6, 6.07) is 24.7. The fourth-order valence-corrected chi connectivity index (χ4v) is 5.48. The minimum atomic E-state index is -4.26. The summed E-state index contributed by atoms with van der Waals surface area (Å²) in [5, 5.41) is 0. The Balaban J connectivity index is 1.69. The number of hydrogen-bond donors (Lipinski definition) is 0. The van der Waals surface area contributed by atoms with Crippen LogP contribution in [0.5, 0.6) is 0 Å². The summed E-state index contributed by atoms with van der Waals surface area (Å²) in [7, 11) is -4.26. The first kappa shape index (κ1) is 31.3. The third-order valence-electron chi connectivity index (χ3n) is 6.52. The monoisotopic (exact) mass is 598 g/mol. The Morgan fingerprint density at radius 1 is 0.786 bits per heavy atom. The van der Waals surface area contributed by atoms with E-state index in [9.17, 15) is 18.0 Å². The van der Waals surface area contributed by atoms with Gasteiger partial charge >= 0.3 is 11.9 Å². The van der Waals surface area contributed by atoms with Crippen molar-refractivity contribution in [2.45, 2.75) is 63.0 Å². The van der Waals surface area contributed by atoms with Crippen molar-refractivity contribution >= 4 is 22.1 Å². The van der Waals surface area contributed by atoms with E-state index in [4.69, 9.17) is 27.9 Å². The second-order valence-corrected chi connectivity index (χ2v) is 11.6. The number of benzene rings is 3. The first-order chi connectivity index (χ1) is 20.1. The molecule has 0 radical (unpaired) electrons. The van der Waals surface area contributed by atoms with Gasteiger partial charge in [0.05, 0.1) is 24.7 Å². The molecule has 0 aromatic heterocycles. The summed E-state index contributed by atoms with van der Waals surface area (Å²) < 4.78 is 61.4. The SMILES string of the molecule is CC(=O)O[C@H]1O[C@@](COCc2ccccc2)(COS(=O)(=O)c2ccc(C)cc2)[C@@H](OCc2ccccc2)[C@H]1OC(C)=O. The van der Waals surface area contributed by atoms with E-state index in [2.05, 4.69) is 0 Å². The highest BCUT2D eigenvalue weighted by Crippen LogP contribution is 2.38. The average molecular weight is 599 g/mol. The summed E-state index contributed by atoms with van der Waals surface area (Å²) in [5.74, 6) is -1.38. The number of esters is 2. The Kier molecular flexibility index (Phi) is 10.5. The van der Waals surface area contributed by atoms with Crippen molar-refractivity contribution in [1.29, 1.82) is 0 Å². The van der Waals surface area contributed by atoms with E-state index in [1.807, 2.05) is 67.6 Å². The molecule has 0 N–H and O–H groups in total. The lowest BCUT2D eigenvalue weighted by atomic mass is 9.96. The van der Waals surface area contributed by atoms with Crippen molar-refractivity contribution in [3.05, 3.63) is 102 Å². The Hall–Kier alpha value is -3.61. The van der Waals surface area contributed by atoms with Crippen LogP contribution in [0, 0.1) is 6.92 Å². The molecule has 0 amide bonds. The summed E-state index contributed by atoms with van der Waals surface area (Å²) in [5.41, 5.74) is 0.847. The Morgan fingerprint density at radius 3 is 1.93 bits per heavy atom. The number of hydrogen-bond acceptors (Lipinski definition) is 10. The van der Waals surface area contributed by atoms with Crippen LogP contribution in [0.15, 0.2) is 89.8 Å². The molecule has 4 atom stereocenters. The zero-order valence-corrected chi connectivity index (χ0v) is 24.5. The Labute approximate surface area is 245 Å². The lowest BCUT2D eigenvalue weighted by Crippen LogP contribution is -2.53. The van der Waals surface area contributed by atoms with Crippen LogP contribution in [-0.4, -0.2) is 57.7 Å². The maximum absolute atomic E-state index is 13.2. The molecular weight excluding hydrogens is 564 g/mol. The normalized spacial score (nSPS) is 22.0. The zero-order chi connectivity index (χ0) is 30.2. The molecule has 4 rings (SSSR count). The predicted octanol–water partition coefficient (Wildman–Crippen LogP) is 4.09. The molecule has 1 fully saturated rings.